The van der Waals surface area contributed by atoms with Gasteiger partial charge in [-0.2, -0.15) is 18.3 Å². The SMILES string of the molecule is CCCC(F)CN(C)/C=C\c1cc(-c2ncco2)c(F)cc1C=O.Nc1cn[nH]c(=O)c1C(F)(F)F. The number of oxazole rings is 1. The Labute approximate surface area is 202 Å². The molecule has 3 N–H and O–H groups in total. The van der Waals surface area contributed by atoms with Crippen molar-refractivity contribution in [2.24, 2.45) is 0 Å². The minimum atomic E-state index is -4.74. The maximum Gasteiger partial charge on any atom is 0.423 e. The molecule has 1 aromatic carbocycles. The molecule has 0 bridgehead atoms. The predicted molar refractivity (Wildman–Crippen MR) is 123 cm³/mol. The minimum absolute atomic E-state index is 0.139. The zero-order chi connectivity index (χ0) is 26.9. The van der Waals surface area contributed by atoms with E-state index in [1.165, 1.54) is 18.5 Å². The smallest absolute Gasteiger partial charge is 0.423 e. The fourth-order valence-electron chi connectivity index (χ4n) is 3.06. The van der Waals surface area contributed by atoms with Gasteiger partial charge in [0, 0.05) is 19.2 Å². The molecule has 0 fully saturated rings. The van der Waals surface area contributed by atoms with E-state index in [0.29, 0.717) is 18.3 Å². The number of halogens is 5. The molecular formula is C23H24F5N5O3. The summed E-state index contributed by atoms with van der Waals surface area (Å²) in [6.45, 7) is 2.19. The van der Waals surface area contributed by atoms with E-state index < -0.39 is 35.0 Å². The Morgan fingerprint density at radius 1 is 1.28 bits per heavy atom. The van der Waals surface area contributed by atoms with Gasteiger partial charge in [0.2, 0.25) is 5.89 Å². The Kier molecular flexibility index (Phi) is 9.88. The minimum Gasteiger partial charge on any atom is -0.444 e. The molecule has 3 rings (SSSR count). The lowest BCUT2D eigenvalue weighted by atomic mass is 10.0. The average molecular weight is 513 g/mol. The Morgan fingerprint density at radius 3 is 2.53 bits per heavy atom. The Morgan fingerprint density at radius 2 is 2.00 bits per heavy atom. The van der Waals surface area contributed by atoms with E-state index in [9.17, 15) is 31.5 Å². The molecule has 1 atom stereocenters. The molecule has 0 spiro atoms. The van der Waals surface area contributed by atoms with Crippen LogP contribution in [0, 0.1) is 5.82 Å². The number of carbonyl (C=O) groups is 1. The number of anilines is 1. The molecule has 8 nitrogen and oxygen atoms in total. The highest BCUT2D eigenvalue weighted by Gasteiger charge is 2.36. The molecule has 13 heteroatoms. The van der Waals surface area contributed by atoms with Gasteiger partial charge in [0.05, 0.1) is 23.6 Å². The lowest BCUT2D eigenvalue weighted by molar-refractivity contribution is -0.138. The van der Waals surface area contributed by atoms with Crippen LogP contribution in [0.5, 0.6) is 0 Å². The summed E-state index contributed by atoms with van der Waals surface area (Å²) in [5.74, 6) is -0.448. The number of benzene rings is 1. The highest BCUT2D eigenvalue weighted by molar-refractivity contribution is 5.83. The first kappa shape index (κ1) is 28.2. The van der Waals surface area contributed by atoms with Gasteiger partial charge < -0.3 is 15.1 Å². The van der Waals surface area contributed by atoms with Crippen molar-refractivity contribution >= 4 is 18.0 Å². The summed E-state index contributed by atoms with van der Waals surface area (Å²) in [7, 11) is 1.75. The molecule has 0 aliphatic rings. The van der Waals surface area contributed by atoms with Crippen LogP contribution in [0.15, 0.2) is 46.2 Å². The number of aldehydes is 1. The molecule has 2 aromatic heterocycles. The van der Waals surface area contributed by atoms with E-state index in [2.05, 4.69) is 10.1 Å². The maximum atomic E-state index is 14.1. The highest BCUT2D eigenvalue weighted by Crippen LogP contribution is 2.29. The molecule has 0 amide bonds. The van der Waals surface area contributed by atoms with Gasteiger partial charge in [-0.25, -0.2) is 18.9 Å². The summed E-state index contributed by atoms with van der Waals surface area (Å²) < 4.78 is 68.8. The molecule has 0 saturated carbocycles. The van der Waals surface area contributed by atoms with Crippen molar-refractivity contribution in [2.75, 3.05) is 19.3 Å². The van der Waals surface area contributed by atoms with Gasteiger partial charge >= 0.3 is 6.18 Å². The second-order valence-electron chi connectivity index (χ2n) is 7.58. The Balaban J connectivity index is 0.000000319. The van der Waals surface area contributed by atoms with Crippen molar-refractivity contribution in [1.82, 2.24) is 20.1 Å². The molecule has 0 radical (unpaired) electrons. The number of aromatic nitrogens is 3. The highest BCUT2D eigenvalue weighted by atomic mass is 19.4. The van der Waals surface area contributed by atoms with Gasteiger partial charge in [0.1, 0.15) is 23.8 Å². The van der Waals surface area contributed by atoms with E-state index in [-0.39, 0.29) is 23.6 Å². The van der Waals surface area contributed by atoms with Crippen molar-refractivity contribution in [3.63, 3.8) is 0 Å². The largest absolute Gasteiger partial charge is 0.444 e. The first-order valence-electron chi connectivity index (χ1n) is 10.6. The Hall–Kier alpha value is -4.03. The predicted octanol–water partition coefficient (Wildman–Crippen LogP) is 4.70. The van der Waals surface area contributed by atoms with E-state index in [4.69, 9.17) is 10.2 Å². The molecule has 36 heavy (non-hydrogen) atoms. The van der Waals surface area contributed by atoms with E-state index in [0.717, 1.165) is 18.7 Å². The van der Waals surface area contributed by atoms with Gasteiger partial charge in [-0.1, -0.05) is 13.3 Å². The molecule has 0 aliphatic carbocycles. The third-order valence-electron chi connectivity index (χ3n) is 4.73. The number of H-pyrrole nitrogens is 1. The molecule has 194 valence electrons. The van der Waals surface area contributed by atoms with Gasteiger partial charge in [0.15, 0.2) is 6.29 Å². The van der Waals surface area contributed by atoms with Crippen LogP contribution in [0.3, 0.4) is 0 Å². The number of hydrogen-bond donors (Lipinski definition) is 2. The number of carbonyl (C=O) groups excluding carboxylic acids is 1. The van der Waals surface area contributed by atoms with Crippen LogP contribution in [-0.2, 0) is 6.18 Å². The van der Waals surface area contributed by atoms with Gasteiger partial charge in [-0.15, -0.1) is 0 Å². The summed E-state index contributed by atoms with van der Waals surface area (Å²) in [6, 6.07) is 2.63. The quantitative estimate of drug-likeness (QED) is 0.331. The summed E-state index contributed by atoms with van der Waals surface area (Å²) in [5.41, 5.74) is 2.38. The normalized spacial score (nSPS) is 12.2. The van der Waals surface area contributed by atoms with E-state index in [1.807, 2.05) is 6.92 Å². The molecule has 0 saturated heterocycles. The number of nitrogen functional groups attached to an aromatic ring is 1. The number of rotatable bonds is 8. The third-order valence-corrected chi connectivity index (χ3v) is 4.73. The molecule has 3 aromatic rings. The lowest BCUT2D eigenvalue weighted by Crippen LogP contribution is -2.24. The molecule has 2 heterocycles. The van der Waals surface area contributed by atoms with Crippen LogP contribution < -0.4 is 11.3 Å². The number of nitrogens with one attached hydrogen (secondary N) is 1. The van der Waals surface area contributed by atoms with Crippen LogP contribution in [0.2, 0.25) is 0 Å². The standard InChI is InChI=1S/C18H20F2N2O2.C5H4F3N3O/c1-3-4-15(19)11-22(2)7-5-13-9-16(18-21-6-8-24-18)17(20)10-14(13)12-23;6-5(7,8)3-2(9)1-10-11-4(3)12/h5-10,12,15H,3-4,11H2,1-2H3;1H,(H3,9,11,12)/b7-5-;. The van der Waals surface area contributed by atoms with Crippen molar-refractivity contribution in [1.29, 1.82) is 0 Å². The number of hydrogen-bond acceptors (Lipinski definition) is 7. The first-order valence-corrected chi connectivity index (χ1v) is 10.6. The Bertz CT molecular complexity index is 1230. The van der Waals surface area contributed by atoms with Crippen LogP contribution in [0.1, 0.15) is 41.3 Å². The van der Waals surface area contributed by atoms with Gasteiger partial charge in [-0.3, -0.25) is 9.59 Å². The summed E-state index contributed by atoms with van der Waals surface area (Å²) >= 11 is 0. The summed E-state index contributed by atoms with van der Waals surface area (Å²) in [5, 5.41) is 4.74. The summed E-state index contributed by atoms with van der Waals surface area (Å²) in [4.78, 5) is 27.4. The van der Waals surface area contributed by atoms with Crippen molar-refractivity contribution in [3.05, 3.63) is 69.9 Å². The number of nitrogens with two attached hydrogens (primary N) is 1. The van der Waals surface area contributed by atoms with Crippen molar-refractivity contribution < 1.29 is 31.2 Å². The number of alkyl halides is 4. The number of aromatic amines is 1. The fraction of sp³-hybridized carbons (Fsp3) is 0.304. The summed E-state index contributed by atoms with van der Waals surface area (Å²) in [6.07, 6.45) is 3.04. The molecular weight excluding hydrogens is 489 g/mol. The fourth-order valence-corrected chi connectivity index (χ4v) is 3.06. The van der Waals surface area contributed by atoms with Crippen LogP contribution >= 0.6 is 0 Å². The van der Waals surface area contributed by atoms with Crippen LogP contribution in [0.25, 0.3) is 17.5 Å². The average Bonchev–Trinajstić information content (AvgIpc) is 3.32. The first-order chi connectivity index (χ1) is 17.0. The monoisotopic (exact) mass is 513 g/mol. The zero-order valence-corrected chi connectivity index (χ0v) is 19.4. The van der Waals surface area contributed by atoms with Crippen LogP contribution in [0.4, 0.5) is 27.6 Å². The van der Waals surface area contributed by atoms with Crippen molar-refractivity contribution in [3.8, 4) is 11.5 Å². The maximum absolute atomic E-state index is 14.1. The second kappa shape index (κ2) is 12.6. The second-order valence-corrected chi connectivity index (χ2v) is 7.58. The van der Waals surface area contributed by atoms with Crippen LogP contribution in [-0.4, -0.2) is 46.1 Å². The third kappa shape index (κ3) is 7.75. The number of nitrogens with zero attached hydrogens (tertiary/aromatic N) is 3. The van der Waals surface area contributed by atoms with Crippen molar-refractivity contribution in [2.45, 2.75) is 32.1 Å². The van der Waals surface area contributed by atoms with E-state index in [1.54, 1.807) is 29.3 Å². The van der Waals surface area contributed by atoms with Gasteiger partial charge in [-0.05, 0) is 36.4 Å². The van der Waals surface area contributed by atoms with E-state index >= 15 is 0 Å². The molecule has 0 aliphatic heterocycles. The van der Waals surface area contributed by atoms with Gasteiger partial charge in [0.25, 0.3) is 5.56 Å². The topological polar surface area (TPSA) is 118 Å². The zero-order valence-electron chi connectivity index (χ0n) is 19.4. The lowest BCUT2D eigenvalue weighted by Gasteiger charge is -2.16. The molecule has 1 unspecified atom stereocenters.